The highest BCUT2D eigenvalue weighted by atomic mass is 19.1. The Kier molecular flexibility index (Phi) is 4.96. The number of carbonyl (C=O) groups is 1. The third-order valence-electron chi connectivity index (χ3n) is 2.51. The van der Waals surface area contributed by atoms with Gasteiger partial charge in [0.05, 0.1) is 17.9 Å². The molecule has 106 valence electrons. The Morgan fingerprint density at radius 2 is 2.10 bits per heavy atom. The maximum absolute atomic E-state index is 13.9. The van der Waals surface area contributed by atoms with E-state index < -0.39 is 11.7 Å². The zero-order valence-corrected chi connectivity index (χ0v) is 11.0. The number of hydrogen-bond acceptors (Lipinski definition) is 4. The fraction of sp³-hybridized carbons (Fsp3) is 0.133. The summed E-state index contributed by atoms with van der Waals surface area (Å²) in [6.07, 6.45) is 4.31. The number of aromatic nitrogens is 2. The van der Waals surface area contributed by atoms with Gasteiger partial charge in [-0.3, -0.25) is 4.79 Å². The number of halogens is 1. The molecule has 0 saturated carbocycles. The first kappa shape index (κ1) is 14.6. The van der Waals surface area contributed by atoms with Crippen molar-refractivity contribution in [2.75, 3.05) is 11.9 Å². The van der Waals surface area contributed by atoms with E-state index in [4.69, 9.17) is 5.11 Å². The lowest BCUT2D eigenvalue weighted by Gasteiger charge is -2.06. The van der Waals surface area contributed by atoms with Gasteiger partial charge in [-0.1, -0.05) is 11.8 Å². The Labute approximate surface area is 120 Å². The number of benzene rings is 1. The van der Waals surface area contributed by atoms with Crippen molar-refractivity contribution in [3.63, 3.8) is 0 Å². The summed E-state index contributed by atoms with van der Waals surface area (Å²) in [5, 5.41) is 11.1. The van der Waals surface area contributed by atoms with Crippen LogP contribution >= 0.6 is 0 Å². The molecule has 6 heteroatoms. The summed E-state index contributed by atoms with van der Waals surface area (Å²) in [5.41, 5.74) is 0.766. The van der Waals surface area contributed by atoms with Gasteiger partial charge in [-0.2, -0.15) is 0 Å². The molecule has 2 N–H and O–H groups in total. The van der Waals surface area contributed by atoms with Gasteiger partial charge in [0, 0.05) is 24.4 Å². The Balaban J connectivity index is 2.12. The van der Waals surface area contributed by atoms with Crippen LogP contribution in [-0.4, -0.2) is 27.6 Å². The molecule has 1 amide bonds. The molecular weight excluding hydrogens is 273 g/mol. The number of carbonyl (C=O) groups excluding carboxylic acids is 1. The lowest BCUT2D eigenvalue weighted by atomic mass is 10.2. The van der Waals surface area contributed by atoms with Crippen molar-refractivity contribution in [3.05, 3.63) is 53.9 Å². The number of aliphatic hydroxyl groups excluding tert-OH is 1. The molecule has 0 saturated heterocycles. The minimum atomic E-state index is -0.587. The summed E-state index contributed by atoms with van der Waals surface area (Å²) < 4.78 is 13.9. The number of rotatable bonds is 3. The molecule has 0 spiro atoms. The number of nitrogens with zero attached hydrogens (tertiary/aromatic N) is 2. The molecule has 0 aliphatic carbocycles. The Hall–Kier alpha value is -2.78. The summed E-state index contributed by atoms with van der Waals surface area (Å²) in [7, 11) is 0. The second-order valence-electron chi connectivity index (χ2n) is 4.05. The fourth-order valence-electron chi connectivity index (χ4n) is 1.53. The molecule has 0 unspecified atom stereocenters. The normalized spacial score (nSPS) is 9.62. The van der Waals surface area contributed by atoms with E-state index in [0.717, 1.165) is 0 Å². The monoisotopic (exact) mass is 285 g/mol. The standard InChI is InChI=1S/C15H12FN3O2/c16-13-7-11(3-1-2-6-20)4-5-14(13)19-15(21)12-8-17-10-18-9-12/h4-5,7-10,20H,2,6H2,(H,19,21). The molecule has 1 heterocycles. The first-order valence-electron chi connectivity index (χ1n) is 6.16. The Morgan fingerprint density at radius 3 is 2.76 bits per heavy atom. The molecule has 0 fully saturated rings. The van der Waals surface area contributed by atoms with Crippen molar-refractivity contribution in [2.24, 2.45) is 0 Å². The number of aliphatic hydroxyl groups is 1. The minimum absolute atomic E-state index is 0.0389. The summed E-state index contributed by atoms with van der Waals surface area (Å²) >= 11 is 0. The number of hydrogen-bond donors (Lipinski definition) is 2. The summed E-state index contributed by atoms with van der Waals surface area (Å²) in [4.78, 5) is 19.3. The van der Waals surface area contributed by atoms with Gasteiger partial charge in [0.2, 0.25) is 0 Å². The highest BCUT2D eigenvalue weighted by Gasteiger charge is 2.09. The highest BCUT2D eigenvalue weighted by Crippen LogP contribution is 2.16. The van der Waals surface area contributed by atoms with Crippen LogP contribution in [0.1, 0.15) is 22.3 Å². The van der Waals surface area contributed by atoms with E-state index in [-0.39, 0.29) is 17.9 Å². The van der Waals surface area contributed by atoms with E-state index in [9.17, 15) is 9.18 Å². The van der Waals surface area contributed by atoms with Gasteiger partial charge in [-0.05, 0) is 18.2 Å². The van der Waals surface area contributed by atoms with Crippen molar-refractivity contribution in [1.82, 2.24) is 9.97 Å². The first-order chi connectivity index (χ1) is 10.2. The van der Waals surface area contributed by atoms with Crippen molar-refractivity contribution in [1.29, 1.82) is 0 Å². The summed E-state index contributed by atoms with van der Waals surface area (Å²) in [5.74, 6) is 4.33. The average Bonchev–Trinajstić information content (AvgIpc) is 2.51. The van der Waals surface area contributed by atoms with Crippen LogP contribution in [0.5, 0.6) is 0 Å². The van der Waals surface area contributed by atoms with Crippen molar-refractivity contribution < 1.29 is 14.3 Å². The number of amides is 1. The largest absolute Gasteiger partial charge is 0.395 e. The van der Waals surface area contributed by atoms with E-state index in [2.05, 4.69) is 27.1 Å². The third-order valence-corrected chi connectivity index (χ3v) is 2.51. The van der Waals surface area contributed by atoms with E-state index in [0.29, 0.717) is 12.0 Å². The van der Waals surface area contributed by atoms with Gasteiger partial charge in [-0.15, -0.1) is 0 Å². The predicted molar refractivity (Wildman–Crippen MR) is 75.0 cm³/mol. The van der Waals surface area contributed by atoms with Crippen molar-refractivity contribution in [3.8, 4) is 11.8 Å². The fourth-order valence-corrected chi connectivity index (χ4v) is 1.53. The number of anilines is 1. The zero-order chi connectivity index (χ0) is 15.1. The van der Waals surface area contributed by atoms with Gasteiger partial charge >= 0.3 is 0 Å². The van der Waals surface area contributed by atoms with Gasteiger partial charge in [-0.25, -0.2) is 14.4 Å². The molecule has 2 rings (SSSR count). The third kappa shape index (κ3) is 4.09. The molecule has 1 aromatic carbocycles. The minimum Gasteiger partial charge on any atom is -0.395 e. The van der Waals surface area contributed by atoms with Crippen LogP contribution in [0.4, 0.5) is 10.1 Å². The predicted octanol–water partition coefficient (Wildman–Crippen LogP) is 1.60. The lowest BCUT2D eigenvalue weighted by molar-refractivity contribution is 0.102. The molecular formula is C15H12FN3O2. The SMILES string of the molecule is O=C(Nc1ccc(C#CCCO)cc1F)c1cncnc1. The molecule has 0 radical (unpaired) electrons. The van der Waals surface area contributed by atoms with E-state index >= 15 is 0 Å². The maximum atomic E-state index is 13.9. The Bertz CT molecular complexity index is 693. The summed E-state index contributed by atoms with van der Waals surface area (Å²) in [6.45, 7) is -0.0389. The molecule has 1 aromatic heterocycles. The summed E-state index contributed by atoms with van der Waals surface area (Å²) in [6, 6.07) is 4.24. The van der Waals surface area contributed by atoms with Gasteiger partial charge in [0.25, 0.3) is 5.91 Å². The van der Waals surface area contributed by atoms with Crippen molar-refractivity contribution >= 4 is 11.6 Å². The van der Waals surface area contributed by atoms with Gasteiger partial charge in [0.1, 0.15) is 12.1 Å². The van der Waals surface area contributed by atoms with Gasteiger partial charge < -0.3 is 10.4 Å². The zero-order valence-electron chi connectivity index (χ0n) is 11.0. The molecule has 2 aromatic rings. The van der Waals surface area contributed by atoms with Crippen LogP contribution in [0.15, 0.2) is 36.9 Å². The van der Waals surface area contributed by atoms with E-state index in [1.807, 2.05) is 0 Å². The van der Waals surface area contributed by atoms with Crippen LogP contribution in [0, 0.1) is 17.7 Å². The quantitative estimate of drug-likeness (QED) is 0.840. The second-order valence-corrected chi connectivity index (χ2v) is 4.05. The van der Waals surface area contributed by atoms with Gasteiger partial charge in [0.15, 0.2) is 0 Å². The maximum Gasteiger partial charge on any atom is 0.258 e. The van der Waals surface area contributed by atoms with Crippen LogP contribution in [0.2, 0.25) is 0 Å². The lowest BCUT2D eigenvalue weighted by Crippen LogP contribution is -2.13. The molecule has 0 aliphatic rings. The topological polar surface area (TPSA) is 75.1 Å². The average molecular weight is 285 g/mol. The Morgan fingerprint density at radius 1 is 1.33 bits per heavy atom. The van der Waals surface area contributed by atoms with Crippen LogP contribution in [0.25, 0.3) is 0 Å². The molecule has 0 atom stereocenters. The smallest absolute Gasteiger partial charge is 0.258 e. The molecule has 0 aliphatic heterocycles. The van der Waals surface area contributed by atoms with E-state index in [1.54, 1.807) is 6.07 Å². The van der Waals surface area contributed by atoms with Crippen LogP contribution < -0.4 is 5.32 Å². The second kappa shape index (κ2) is 7.12. The molecule has 21 heavy (non-hydrogen) atoms. The van der Waals surface area contributed by atoms with Crippen LogP contribution in [0.3, 0.4) is 0 Å². The molecule has 0 bridgehead atoms. The molecule has 5 nitrogen and oxygen atoms in total. The van der Waals surface area contributed by atoms with Crippen LogP contribution in [-0.2, 0) is 0 Å². The highest BCUT2D eigenvalue weighted by molar-refractivity contribution is 6.03. The van der Waals surface area contributed by atoms with E-state index in [1.165, 1.54) is 30.9 Å². The number of nitrogens with one attached hydrogen (secondary N) is 1. The first-order valence-corrected chi connectivity index (χ1v) is 6.16. The van der Waals surface area contributed by atoms with Crippen molar-refractivity contribution in [2.45, 2.75) is 6.42 Å².